The Balaban J connectivity index is 1.69. The minimum Gasteiger partial charge on any atom is -0.324 e. The molecule has 0 bridgehead atoms. The number of nitrogens with one attached hydrogen (secondary N) is 1. The van der Waals surface area contributed by atoms with Gasteiger partial charge in [-0.25, -0.2) is 4.98 Å². The smallest absolute Gasteiger partial charge is 0.266 e. The van der Waals surface area contributed by atoms with E-state index in [4.69, 9.17) is 16.6 Å². The van der Waals surface area contributed by atoms with Gasteiger partial charge >= 0.3 is 0 Å². The molecule has 162 valence electrons. The fourth-order valence-electron chi connectivity index (χ4n) is 3.62. The number of aryl methyl sites for hydroxylation is 3. The molecular formula is C25H22ClN3O2S. The lowest BCUT2D eigenvalue weighted by molar-refractivity contribution is -0.113. The summed E-state index contributed by atoms with van der Waals surface area (Å²) < 4.78 is 1.58. The Morgan fingerprint density at radius 1 is 1.03 bits per heavy atom. The van der Waals surface area contributed by atoms with Crippen LogP contribution in [0.25, 0.3) is 16.6 Å². The van der Waals surface area contributed by atoms with Crippen LogP contribution in [-0.2, 0) is 4.79 Å². The average molecular weight is 464 g/mol. The molecule has 32 heavy (non-hydrogen) atoms. The molecule has 0 aliphatic heterocycles. The summed E-state index contributed by atoms with van der Waals surface area (Å²) in [6.45, 7) is 5.80. The molecule has 0 fully saturated rings. The van der Waals surface area contributed by atoms with Crippen LogP contribution in [0.2, 0.25) is 5.02 Å². The first-order chi connectivity index (χ1) is 15.3. The summed E-state index contributed by atoms with van der Waals surface area (Å²) in [6, 6.07) is 18.7. The zero-order chi connectivity index (χ0) is 22.8. The lowest BCUT2D eigenvalue weighted by Crippen LogP contribution is -2.23. The van der Waals surface area contributed by atoms with E-state index in [-0.39, 0.29) is 17.2 Å². The first-order valence-electron chi connectivity index (χ1n) is 10.1. The van der Waals surface area contributed by atoms with E-state index in [1.54, 1.807) is 16.7 Å². The van der Waals surface area contributed by atoms with Crippen LogP contribution in [0.5, 0.6) is 0 Å². The van der Waals surface area contributed by atoms with Gasteiger partial charge in [0.2, 0.25) is 5.91 Å². The maximum Gasteiger partial charge on any atom is 0.266 e. The van der Waals surface area contributed by atoms with E-state index in [0.717, 1.165) is 22.4 Å². The number of anilines is 1. The van der Waals surface area contributed by atoms with Crippen LogP contribution in [0.3, 0.4) is 0 Å². The van der Waals surface area contributed by atoms with Crippen LogP contribution in [0, 0.1) is 20.8 Å². The SMILES string of the molecule is Cc1cc(C)c(NC(=O)CSc2nc3ccccc3c(=O)n2-c2ccccc2C)c(Cl)c1. The van der Waals surface area contributed by atoms with E-state index < -0.39 is 0 Å². The second-order valence-corrected chi connectivity index (χ2v) is 8.96. The van der Waals surface area contributed by atoms with E-state index in [1.165, 1.54) is 11.8 Å². The molecule has 0 unspecified atom stereocenters. The lowest BCUT2D eigenvalue weighted by atomic mass is 10.1. The van der Waals surface area contributed by atoms with Gasteiger partial charge in [0.1, 0.15) is 0 Å². The van der Waals surface area contributed by atoms with Gasteiger partial charge in [0.15, 0.2) is 5.16 Å². The van der Waals surface area contributed by atoms with Gasteiger partial charge < -0.3 is 5.32 Å². The number of benzene rings is 3. The Bertz CT molecular complexity index is 1370. The van der Waals surface area contributed by atoms with Gasteiger partial charge in [0, 0.05) is 0 Å². The second kappa shape index (κ2) is 9.18. The fraction of sp³-hybridized carbons (Fsp3) is 0.160. The molecular weight excluding hydrogens is 442 g/mol. The highest BCUT2D eigenvalue weighted by molar-refractivity contribution is 7.99. The Kier molecular flexibility index (Phi) is 6.35. The molecule has 1 amide bonds. The van der Waals surface area contributed by atoms with Crippen LogP contribution in [-0.4, -0.2) is 21.2 Å². The predicted octanol–water partition coefficient (Wildman–Crippen LogP) is 5.70. The Morgan fingerprint density at radius 2 is 1.75 bits per heavy atom. The molecule has 0 aliphatic carbocycles. The molecule has 0 saturated carbocycles. The second-order valence-electron chi connectivity index (χ2n) is 7.61. The minimum absolute atomic E-state index is 0.0836. The van der Waals surface area contributed by atoms with Gasteiger partial charge in [-0.1, -0.05) is 59.8 Å². The highest BCUT2D eigenvalue weighted by Gasteiger charge is 2.17. The fourth-order valence-corrected chi connectivity index (χ4v) is 4.79. The number of aromatic nitrogens is 2. The summed E-state index contributed by atoms with van der Waals surface area (Å²) >= 11 is 7.54. The summed E-state index contributed by atoms with van der Waals surface area (Å²) in [5.74, 6) is -0.136. The Morgan fingerprint density at radius 3 is 2.50 bits per heavy atom. The van der Waals surface area contributed by atoms with E-state index in [2.05, 4.69) is 5.32 Å². The standard InChI is InChI=1S/C25H22ClN3O2S/c1-15-12-17(3)23(19(26)13-15)28-22(30)14-32-25-27-20-10-6-5-9-18(20)24(31)29(25)21-11-7-4-8-16(21)2/h4-13H,14H2,1-3H3,(H,28,30). The van der Waals surface area contributed by atoms with Crippen LogP contribution in [0.15, 0.2) is 70.6 Å². The quantitative estimate of drug-likeness (QED) is 0.305. The molecule has 3 aromatic carbocycles. The minimum atomic E-state index is -0.220. The maximum atomic E-state index is 13.4. The van der Waals surface area contributed by atoms with Crippen molar-refractivity contribution >= 4 is 45.9 Å². The summed E-state index contributed by atoms with van der Waals surface area (Å²) in [4.78, 5) is 30.8. The molecule has 0 radical (unpaired) electrons. The summed E-state index contributed by atoms with van der Waals surface area (Å²) in [5, 5.41) is 4.39. The van der Waals surface area contributed by atoms with E-state index in [1.807, 2.05) is 69.3 Å². The molecule has 0 saturated heterocycles. The van der Waals surface area contributed by atoms with Gasteiger partial charge in [-0.05, 0) is 61.7 Å². The molecule has 4 aromatic rings. The molecule has 1 aromatic heterocycles. The third kappa shape index (κ3) is 4.42. The van der Waals surface area contributed by atoms with Gasteiger partial charge in [0.25, 0.3) is 5.56 Å². The number of thioether (sulfide) groups is 1. The highest BCUT2D eigenvalue weighted by Crippen LogP contribution is 2.28. The molecule has 4 rings (SSSR count). The molecule has 1 heterocycles. The Labute approximate surface area is 195 Å². The van der Waals surface area contributed by atoms with E-state index in [0.29, 0.717) is 26.8 Å². The number of nitrogens with zero attached hydrogens (tertiary/aromatic N) is 2. The largest absolute Gasteiger partial charge is 0.324 e. The third-order valence-corrected chi connectivity index (χ3v) is 6.37. The predicted molar refractivity (Wildman–Crippen MR) is 132 cm³/mol. The molecule has 0 spiro atoms. The monoisotopic (exact) mass is 463 g/mol. The molecule has 5 nitrogen and oxygen atoms in total. The summed E-state index contributed by atoms with van der Waals surface area (Å²) in [5.41, 5.74) is 4.66. The van der Waals surface area contributed by atoms with Gasteiger partial charge in [-0.3, -0.25) is 14.2 Å². The molecule has 7 heteroatoms. The first kappa shape index (κ1) is 22.1. The number of fused-ring (bicyclic) bond motifs is 1. The highest BCUT2D eigenvalue weighted by atomic mass is 35.5. The number of hydrogen-bond acceptors (Lipinski definition) is 4. The van der Waals surface area contributed by atoms with E-state index in [9.17, 15) is 9.59 Å². The van der Waals surface area contributed by atoms with Crippen molar-refractivity contribution in [1.29, 1.82) is 0 Å². The van der Waals surface area contributed by atoms with Crippen molar-refractivity contribution in [3.05, 3.63) is 92.7 Å². The maximum absolute atomic E-state index is 13.4. The summed E-state index contributed by atoms with van der Waals surface area (Å²) in [7, 11) is 0. The molecule has 1 N–H and O–H groups in total. The van der Waals surface area contributed by atoms with Crippen molar-refractivity contribution in [3.8, 4) is 5.69 Å². The van der Waals surface area contributed by atoms with Crippen molar-refractivity contribution in [2.24, 2.45) is 0 Å². The normalized spacial score (nSPS) is 11.0. The number of halogens is 1. The van der Waals surface area contributed by atoms with Crippen molar-refractivity contribution in [1.82, 2.24) is 9.55 Å². The number of carbonyl (C=O) groups excluding carboxylic acids is 1. The van der Waals surface area contributed by atoms with Crippen molar-refractivity contribution < 1.29 is 4.79 Å². The van der Waals surface area contributed by atoms with Crippen molar-refractivity contribution in [3.63, 3.8) is 0 Å². The van der Waals surface area contributed by atoms with Gasteiger partial charge in [-0.2, -0.15) is 0 Å². The molecule has 0 aliphatic rings. The molecule has 0 atom stereocenters. The number of carbonyl (C=O) groups is 1. The Hall–Kier alpha value is -3.09. The number of rotatable bonds is 5. The third-order valence-electron chi connectivity index (χ3n) is 5.13. The zero-order valence-corrected chi connectivity index (χ0v) is 19.6. The summed E-state index contributed by atoms with van der Waals surface area (Å²) in [6.07, 6.45) is 0. The van der Waals surface area contributed by atoms with Crippen LogP contribution >= 0.6 is 23.4 Å². The van der Waals surface area contributed by atoms with Gasteiger partial charge in [-0.15, -0.1) is 0 Å². The van der Waals surface area contributed by atoms with E-state index >= 15 is 0 Å². The van der Waals surface area contributed by atoms with Crippen molar-refractivity contribution in [2.45, 2.75) is 25.9 Å². The number of para-hydroxylation sites is 2. The average Bonchev–Trinajstić information content (AvgIpc) is 2.76. The lowest BCUT2D eigenvalue weighted by Gasteiger charge is -2.15. The van der Waals surface area contributed by atoms with Crippen LogP contribution in [0.4, 0.5) is 5.69 Å². The van der Waals surface area contributed by atoms with Gasteiger partial charge in [0.05, 0.1) is 33.1 Å². The van der Waals surface area contributed by atoms with Crippen LogP contribution < -0.4 is 10.9 Å². The number of hydrogen-bond donors (Lipinski definition) is 1. The first-order valence-corrected chi connectivity index (χ1v) is 11.5. The number of amides is 1. The zero-order valence-electron chi connectivity index (χ0n) is 18.0. The van der Waals surface area contributed by atoms with Crippen molar-refractivity contribution in [2.75, 3.05) is 11.1 Å². The topological polar surface area (TPSA) is 64.0 Å². The van der Waals surface area contributed by atoms with Crippen LogP contribution in [0.1, 0.15) is 16.7 Å².